The van der Waals surface area contributed by atoms with Crippen LogP contribution >= 0.6 is 0 Å². The summed E-state index contributed by atoms with van der Waals surface area (Å²) in [6, 6.07) is 8.66. The molecule has 1 fully saturated rings. The zero-order valence-electron chi connectivity index (χ0n) is 13.4. The normalized spacial score (nSPS) is 32.1. The van der Waals surface area contributed by atoms with Crippen LogP contribution in [0.3, 0.4) is 0 Å². The maximum atomic E-state index is 10.6. The molecule has 2 aromatic rings. The topological polar surface area (TPSA) is 39.3 Å². The van der Waals surface area contributed by atoms with Gasteiger partial charge < -0.3 is 15.0 Å². The predicted molar refractivity (Wildman–Crippen MR) is 90.0 cm³/mol. The van der Waals surface area contributed by atoms with E-state index in [9.17, 15) is 5.11 Å². The molecule has 2 aliphatic rings. The first-order chi connectivity index (χ1) is 10.8. The van der Waals surface area contributed by atoms with Crippen molar-refractivity contribution in [3.05, 3.63) is 35.5 Å². The number of fused-ring (bicyclic) bond motifs is 5. The van der Waals surface area contributed by atoms with E-state index < -0.39 is 0 Å². The van der Waals surface area contributed by atoms with Crippen LogP contribution in [0.1, 0.15) is 31.0 Å². The van der Waals surface area contributed by atoms with E-state index in [4.69, 9.17) is 0 Å². The number of aromatic amines is 1. The van der Waals surface area contributed by atoms with E-state index in [0.717, 1.165) is 45.3 Å². The molecular weight excluding hydrogens is 272 g/mol. The summed E-state index contributed by atoms with van der Waals surface area (Å²) in [5.41, 5.74) is 4.17. The fourth-order valence-corrected chi connectivity index (χ4v) is 4.51. The molecule has 4 atom stereocenters. The third-order valence-corrected chi connectivity index (χ3v) is 5.82. The lowest BCUT2D eigenvalue weighted by atomic mass is 9.82. The quantitative estimate of drug-likeness (QED) is 0.849. The SMILES string of the molecule is CC[C@H]1CN2CCc3c([nH]c4ccccc34)CC[C@H](C2)[C@@H]1O. The number of H-pyrrole nitrogens is 1. The Bertz CT molecular complexity index is 662. The molecule has 3 heterocycles. The van der Waals surface area contributed by atoms with Crippen LogP contribution in [0.5, 0.6) is 0 Å². The summed E-state index contributed by atoms with van der Waals surface area (Å²) in [7, 11) is 0. The average molecular weight is 298 g/mol. The van der Waals surface area contributed by atoms with Gasteiger partial charge in [-0.1, -0.05) is 25.1 Å². The van der Waals surface area contributed by atoms with Gasteiger partial charge in [0.05, 0.1) is 6.10 Å². The second kappa shape index (κ2) is 5.71. The molecule has 3 heteroatoms. The summed E-state index contributed by atoms with van der Waals surface area (Å²) in [4.78, 5) is 6.22. The van der Waals surface area contributed by atoms with Crippen LogP contribution in [-0.2, 0) is 12.8 Å². The van der Waals surface area contributed by atoms with Crippen molar-refractivity contribution in [1.29, 1.82) is 0 Å². The number of nitrogens with one attached hydrogen (secondary N) is 1. The Morgan fingerprint density at radius 2 is 2.09 bits per heavy atom. The number of piperidine rings is 1. The molecule has 3 nitrogen and oxygen atoms in total. The Labute approximate surface area is 132 Å². The lowest BCUT2D eigenvalue weighted by Gasteiger charge is -2.41. The second-order valence-corrected chi connectivity index (χ2v) is 7.09. The van der Waals surface area contributed by atoms with E-state index >= 15 is 0 Å². The molecule has 1 saturated heterocycles. The molecule has 0 saturated carbocycles. The Morgan fingerprint density at radius 1 is 1.23 bits per heavy atom. The number of nitrogens with zero attached hydrogens (tertiary/aromatic N) is 1. The van der Waals surface area contributed by atoms with Crippen molar-refractivity contribution in [3.63, 3.8) is 0 Å². The van der Waals surface area contributed by atoms with E-state index in [0.29, 0.717) is 11.8 Å². The number of aliphatic hydroxyl groups excluding tert-OH is 1. The highest BCUT2D eigenvalue weighted by atomic mass is 16.3. The zero-order chi connectivity index (χ0) is 15.1. The molecule has 118 valence electrons. The Kier molecular flexibility index (Phi) is 3.71. The van der Waals surface area contributed by atoms with Crippen LogP contribution in [0.25, 0.3) is 10.9 Å². The molecule has 2 bridgehead atoms. The van der Waals surface area contributed by atoms with Crippen LogP contribution in [0.2, 0.25) is 0 Å². The Hall–Kier alpha value is -1.32. The molecule has 0 amide bonds. The third-order valence-electron chi connectivity index (χ3n) is 5.82. The largest absolute Gasteiger partial charge is 0.392 e. The summed E-state index contributed by atoms with van der Waals surface area (Å²) in [6.07, 6.45) is 4.25. The van der Waals surface area contributed by atoms with Crippen molar-refractivity contribution in [2.45, 2.75) is 38.7 Å². The van der Waals surface area contributed by atoms with Crippen LogP contribution in [0, 0.1) is 11.8 Å². The lowest BCUT2D eigenvalue weighted by Crippen LogP contribution is -2.49. The van der Waals surface area contributed by atoms with Gasteiger partial charge in [-0.05, 0) is 49.1 Å². The van der Waals surface area contributed by atoms with E-state index in [1.54, 1.807) is 0 Å². The maximum Gasteiger partial charge on any atom is 0.0620 e. The minimum absolute atomic E-state index is 0.118. The van der Waals surface area contributed by atoms with Crippen LogP contribution < -0.4 is 0 Å². The maximum absolute atomic E-state index is 10.6. The monoisotopic (exact) mass is 298 g/mol. The molecule has 4 rings (SSSR count). The number of para-hydroxylation sites is 1. The first-order valence-corrected chi connectivity index (χ1v) is 8.75. The zero-order valence-corrected chi connectivity index (χ0v) is 13.4. The Morgan fingerprint density at radius 3 is 2.95 bits per heavy atom. The van der Waals surface area contributed by atoms with Crippen molar-refractivity contribution in [2.24, 2.45) is 11.8 Å². The summed E-state index contributed by atoms with van der Waals surface area (Å²) >= 11 is 0. The fourth-order valence-electron chi connectivity index (χ4n) is 4.51. The first-order valence-electron chi connectivity index (χ1n) is 8.75. The van der Waals surface area contributed by atoms with Gasteiger partial charge in [-0.15, -0.1) is 0 Å². The van der Waals surface area contributed by atoms with Gasteiger partial charge in [0.2, 0.25) is 0 Å². The van der Waals surface area contributed by atoms with Crippen molar-refractivity contribution in [2.75, 3.05) is 19.6 Å². The molecule has 2 N–H and O–H groups in total. The molecule has 0 radical (unpaired) electrons. The van der Waals surface area contributed by atoms with Gasteiger partial charge in [0.1, 0.15) is 0 Å². The van der Waals surface area contributed by atoms with Gasteiger partial charge in [-0.2, -0.15) is 0 Å². The van der Waals surface area contributed by atoms with E-state index in [2.05, 4.69) is 41.1 Å². The van der Waals surface area contributed by atoms with Crippen LogP contribution in [0.15, 0.2) is 24.3 Å². The molecular formula is C19H26N2O. The van der Waals surface area contributed by atoms with Crippen LogP contribution in [-0.4, -0.2) is 40.7 Å². The van der Waals surface area contributed by atoms with E-state index in [1.165, 1.54) is 22.2 Å². The predicted octanol–water partition coefficient (Wildman–Crippen LogP) is 2.98. The molecule has 0 spiro atoms. The lowest BCUT2D eigenvalue weighted by molar-refractivity contribution is -0.0251. The fraction of sp³-hybridized carbons (Fsp3) is 0.579. The van der Waals surface area contributed by atoms with Gasteiger partial charge in [-0.3, -0.25) is 0 Å². The highest BCUT2D eigenvalue weighted by molar-refractivity contribution is 5.84. The first kappa shape index (κ1) is 14.3. The number of rotatable bonds is 1. The van der Waals surface area contributed by atoms with Crippen molar-refractivity contribution < 1.29 is 5.11 Å². The molecule has 22 heavy (non-hydrogen) atoms. The summed E-state index contributed by atoms with van der Waals surface area (Å²) in [5.74, 6) is 0.878. The molecule has 2 aliphatic heterocycles. The minimum atomic E-state index is -0.118. The second-order valence-electron chi connectivity index (χ2n) is 7.09. The summed E-state index contributed by atoms with van der Waals surface area (Å²) in [5, 5.41) is 12.0. The molecule has 1 aromatic heterocycles. The number of hydrogen-bond donors (Lipinski definition) is 2. The van der Waals surface area contributed by atoms with Crippen molar-refractivity contribution in [1.82, 2.24) is 9.88 Å². The third kappa shape index (κ3) is 2.37. The molecule has 1 unspecified atom stereocenters. The minimum Gasteiger partial charge on any atom is -0.392 e. The van der Waals surface area contributed by atoms with E-state index in [-0.39, 0.29) is 6.10 Å². The van der Waals surface area contributed by atoms with Crippen molar-refractivity contribution >= 4 is 10.9 Å². The highest BCUT2D eigenvalue weighted by Crippen LogP contribution is 2.32. The number of aryl methyl sites for hydroxylation is 1. The summed E-state index contributed by atoms with van der Waals surface area (Å²) in [6.45, 7) is 5.46. The van der Waals surface area contributed by atoms with E-state index in [1.807, 2.05) is 0 Å². The van der Waals surface area contributed by atoms with Gasteiger partial charge in [0, 0.05) is 36.2 Å². The smallest absolute Gasteiger partial charge is 0.0620 e. The van der Waals surface area contributed by atoms with Gasteiger partial charge in [0.15, 0.2) is 0 Å². The molecule has 0 aliphatic carbocycles. The Balaban J connectivity index is 1.68. The molecule has 1 aromatic carbocycles. The van der Waals surface area contributed by atoms with Crippen molar-refractivity contribution in [3.8, 4) is 0 Å². The standard InChI is InChI=1S/C19H26N2O/c1-2-13-11-21-10-9-16-15-5-3-4-6-17(15)20-18(16)8-7-14(12-21)19(13)22/h3-6,13-14,19-20,22H,2,7-12H2,1H3/t13-,14+,19+/m0/s1. The van der Waals surface area contributed by atoms with Gasteiger partial charge >= 0.3 is 0 Å². The number of aromatic nitrogens is 1. The van der Waals surface area contributed by atoms with Gasteiger partial charge in [0.25, 0.3) is 0 Å². The highest BCUT2D eigenvalue weighted by Gasteiger charge is 2.35. The number of hydrogen-bond acceptors (Lipinski definition) is 2. The van der Waals surface area contributed by atoms with Crippen LogP contribution in [0.4, 0.5) is 0 Å². The average Bonchev–Trinajstić information content (AvgIpc) is 2.91. The van der Waals surface area contributed by atoms with Gasteiger partial charge in [-0.25, -0.2) is 0 Å². The number of benzene rings is 1. The summed E-state index contributed by atoms with van der Waals surface area (Å²) < 4.78 is 0. The number of aliphatic hydroxyl groups is 1.